The standard InChI is InChI=1S/C12H16N4O3S/c1-12(2,11(17)15-13)7-16-8-14-9-5-3-4-6-10(9)20(16,18)19/h3-6,8H,7,13H2,1-2H3,(H,15,17). The lowest BCUT2D eigenvalue weighted by molar-refractivity contribution is -0.129. The van der Waals surface area contributed by atoms with Gasteiger partial charge in [0, 0.05) is 6.54 Å². The number of hydrogen-bond donors (Lipinski definition) is 2. The van der Waals surface area contributed by atoms with E-state index >= 15 is 0 Å². The third kappa shape index (κ3) is 2.39. The number of nitrogens with zero attached hydrogens (tertiary/aromatic N) is 2. The number of hydrogen-bond acceptors (Lipinski definition) is 5. The first-order valence-corrected chi connectivity index (χ1v) is 7.39. The van der Waals surface area contributed by atoms with Crippen LogP contribution in [0, 0.1) is 5.41 Å². The van der Waals surface area contributed by atoms with Crippen LogP contribution >= 0.6 is 0 Å². The summed E-state index contributed by atoms with van der Waals surface area (Å²) in [6, 6.07) is 6.46. The minimum atomic E-state index is -3.69. The summed E-state index contributed by atoms with van der Waals surface area (Å²) >= 11 is 0. The second kappa shape index (κ2) is 4.88. The van der Waals surface area contributed by atoms with Gasteiger partial charge >= 0.3 is 0 Å². The van der Waals surface area contributed by atoms with E-state index < -0.39 is 21.3 Å². The van der Waals surface area contributed by atoms with Gasteiger partial charge < -0.3 is 0 Å². The zero-order chi connectivity index (χ0) is 15.0. The molecule has 0 bridgehead atoms. The first kappa shape index (κ1) is 14.5. The SMILES string of the molecule is CC(C)(CN1C=Nc2ccccc2S1(=O)=O)C(=O)NN. The summed E-state index contributed by atoms with van der Waals surface area (Å²) in [6.07, 6.45) is 1.23. The molecule has 8 heteroatoms. The predicted octanol–water partition coefficient (Wildman–Crippen LogP) is 0.367. The van der Waals surface area contributed by atoms with Crippen molar-refractivity contribution < 1.29 is 13.2 Å². The highest BCUT2D eigenvalue weighted by molar-refractivity contribution is 7.89. The lowest BCUT2D eigenvalue weighted by atomic mass is 9.93. The molecule has 2 rings (SSSR count). The number of carbonyl (C=O) groups is 1. The summed E-state index contributed by atoms with van der Waals surface area (Å²) in [7, 11) is -3.69. The molecule has 1 aliphatic rings. The molecule has 0 aliphatic carbocycles. The van der Waals surface area contributed by atoms with Crippen LogP contribution in [0.4, 0.5) is 5.69 Å². The number of para-hydroxylation sites is 1. The van der Waals surface area contributed by atoms with E-state index in [9.17, 15) is 13.2 Å². The minimum absolute atomic E-state index is 0.0454. The van der Waals surface area contributed by atoms with E-state index in [-0.39, 0.29) is 11.4 Å². The zero-order valence-corrected chi connectivity index (χ0v) is 12.0. The Morgan fingerprint density at radius 1 is 1.40 bits per heavy atom. The van der Waals surface area contributed by atoms with Crippen molar-refractivity contribution in [2.45, 2.75) is 18.7 Å². The van der Waals surface area contributed by atoms with Crippen molar-refractivity contribution in [2.75, 3.05) is 6.54 Å². The Balaban J connectivity index is 2.36. The van der Waals surface area contributed by atoms with Crippen LogP contribution in [0.2, 0.25) is 0 Å². The lowest BCUT2D eigenvalue weighted by Gasteiger charge is -2.31. The number of aliphatic imine (C=N–C) groups is 1. The molecule has 0 aromatic heterocycles. The molecule has 3 N–H and O–H groups in total. The third-order valence-electron chi connectivity index (χ3n) is 3.07. The fraction of sp³-hybridized carbons (Fsp3) is 0.333. The van der Waals surface area contributed by atoms with E-state index in [2.05, 4.69) is 4.99 Å². The average molecular weight is 296 g/mol. The van der Waals surface area contributed by atoms with Crippen molar-refractivity contribution in [3.8, 4) is 0 Å². The van der Waals surface area contributed by atoms with Crippen molar-refractivity contribution in [3.63, 3.8) is 0 Å². The molecule has 1 aromatic carbocycles. The predicted molar refractivity (Wildman–Crippen MR) is 74.6 cm³/mol. The summed E-state index contributed by atoms with van der Waals surface area (Å²) in [6.45, 7) is 3.17. The number of nitrogens with two attached hydrogens (primary N) is 1. The van der Waals surface area contributed by atoms with Crippen LogP contribution in [0.25, 0.3) is 0 Å². The molecule has 0 saturated carbocycles. The van der Waals surface area contributed by atoms with Crippen LogP contribution in [-0.4, -0.2) is 31.5 Å². The van der Waals surface area contributed by atoms with Gasteiger partial charge in [0.05, 0.1) is 11.1 Å². The van der Waals surface area contributed by atoms with Crippen molar-refractivity contribution in [3.05, 3.63) is 24.3 Å². The number of amides is 1. The van der Waals surface area contributed by atoms with Gasteiger partial charge in [-0.05, 0) is 26.0 Å². The third-order valence-corrected chi connectivity index (χ3v) is 4.82. The normalized spacial score (nSPS) is 16.6. The first-order chi connectivity index (χ1) is 9.29. The van der Waals surface area contributed by atoms with E-state index in [1.165, 1.54) is 12.4 Å². The molecule has 0 fully saturated rings. The van der Waals surface area contributed by atoms with E-state index in [0.29, 0.717) is 5.69 Å². The molecular formula is C12H16N4O3S. The minimum Gasteiger partial charge on any atom is -0.294 e. The Hall–Kier alpha value is -1.93. The molecule has 1 heterocycles. The van der Waals surface area contributed by atoms with Crippen molar-refractivity contribution in [1.82, 2.24) is 9.73 Å². The van der Waals surface area contributed by atoms with Gasteiger partial charge in [-0.25, -0.2) is 19.3 Å². The van der Waals surface area contributed by atoms with Gasteiger partial charge in [-0.3, -0.25) is 14.5 Å². The summed E-state index contributed by atoms with van der Waals surface area (Å²) in [5, 5.41) is 0. The second-order valence-corrected chi connectivity index (χ2v) is 6.98. The molecule has 108 valence electrons. The molecule has 0 radical (unpaired) electrons. The Kier molecular flexibility index (Phi) is 3.53. The summed E-state index contributed by atoms with van der Waals surface area (Å²) < 4.78 is 26.0. The highest BCUT2D eigenvalue weighted by Crippen LogP contribution is 2.31. The topological polar surface area (TPSA) is 105 Å². The molecule has 1 aromatic rings. The molecule has 0 spiro atoms. The summed E-state index contributed by atoms with van der Waals surface area (Å²) in [5.74, 6) is 4.66. The number of rotatable bonds is 3. The van der Waals surface area contributed by atoms with Crippen molar-refractivity contribution >= 4 is 28.0 Å². The molecule has 1 aliphatic heterocycles. The zero-order valence-electron chi connectivity index (χ0n) is 11.2. The van der Waals surface area contributed by atoms with Gasteiger partial charge in [0.2, 0.25) is 5.91 Å². The molecule has 20 heavy (non-hydrogen) atoms. The number of fused-ring (bicyclic) bond motifs is 1. The van der Waals surface area contributed by atoms with Gasteiger partial charge in [-0.1, -0.05) is 12.1 Å². The number of nitrogens with one attached hydrogen (secondary N) is 1. The van der Waals surface area contributed by atoms with E-state index in [0.717, 1.165) is 4.31 Å². The van der Waals surface area contributed by atoms with Gasteiger partial charge in [0.1, 0.15) is 11.2 Å². The molecular weight excluding hydrogens is 280 g/mol. The van der Waals surface area contributed by atoms with E-state index in [1.54, 1.807) is 32.0 Å². The molecule has 1 amide bonds. The van der Waals surface area contributed by atoms with Crippen LogP contribution in [0.1, 0.15) is 13.8 Å². The van der Waals surface area contributed by atoms with Crippen molar-refractivity contribution in [1.29, 1.82) is 0 Å². The Morgan fingerprint density at radius 3 is 2.70 bits per heavy atom. The lowest BCUT2D eigenvalue weighted by Crippen LogP contribution is -2.48. The fourth-order valence-corrected chi connectivity index (χ4v) is 3.43. The Bertz CT molecular complexity index is 667. The molecule has 0 unspecified atom stereocenters. The summed E-state index contributed by atoms with van der Waals surface area (Å²) in [4.78, 5) is 15.9. The average Bonchev–Trinajstić information content (AvgIpc) is 2.41. The maximum Gasteiger partial charge on any atom is 0.267 e. The van der Waals surface area contributed by atoms with Gasteiger partial charge in [0.15, 0.2) is 0 Å². The summed E-state index contributed by atoms with van der Waals surface area (Å²) in [5.41, 5.74) is 1.46. The Morgan fingerprint density at radius 2 is 2.05 bits per heavy atom. The van der Waals surface area contributed by atoms with E-state index in [1.807, 2.05) is 5.43 Å². The number of sulfonamides is 1. The monoisotopic (exact) mass is 296 g/mol. The molecule has 7 nitrogen and oxygen atoms in total. The van der Waals surface area contributed by atoms with Gasteiger partial charge in [0.25, 0.3) is 10.0 Å². The van der Waals surface area contributed by atoms with Crippen LogP contribution < -0.4 is 11.3 Å². The number of benzene rings is 1. The first-order valence-electron chi connectivity index (χ1n) is 5.95. The van der Waals surface area contributed by atoms with Crippen molar-refractivity contribution in [2.24, 2.45) is 16.3 Å². The molecule has 0 saturated heterocycles. The maximum atomic E-state index is 12.5. The van der Waals surface area contributed by atoms with Crippen LogP contribution in [0.3, 0.4) is 0 Å². The highest BCUT2D eigenvalue weighted by Gasteiger charge is 2.36. The quantitative estimate of drug-likeness (QED) is 0.477. The smallest absolute Gasteiger partial charge is 0.267 e. The molecule has 0 atom stereocenters. The van der Waals surface area contributed by atoms with E-state index in [4.69, 9.17) is 5.84 Å². The highest BCUT2D eigenvalue weighted by atomic mass is 32.2. The van der Waals surface area contributed by atoms with Crippen LogP contribution in [-0.2, 0) is 14.8 Å². The van der Waals surface area contributed by atoms with Crippen LogP contribution in [0.15, 0.2) is 34.2 Å². The maximum absolute atomic E-state index is 12.5. The number of carbonyl (C=O) groups excluding carboxylic acids is 1. The Labute approximate surface area is 117 Å². The number of hydrazine groups is 1. The van der Waals surface area contributed by atoms with Crippen LogP contribution in [0.5, 0.6) is 0 Å². The van der Waals surface area contributed by atoms with Gasteiger partial charge in [-0.15, -0.1) is 0 Å². The second-order valence-electron chi connectivity index (χ2n) is 5.12. The van der Waals surface area contributed by atoms with Gasteiger partial charge in [-0.2, -0.15) is 0 Å². The fourth-order valence-electron chi connectivity index (χ4n) is 1.88. The largest absolute Gasteiger partial charge is 0.294 e.